The third-order valence-electron chi connectivity index (χ3n) is 6.77. The highest BCUT2D eigenvalue weighted by Crippen LogP contribution is 2.34. The van der Waals surface area contributed by atoms with E-state index in [-0.39, 0.29) is 12.5 Å². The fourth-order valence-electron chi connectivity index (χ4n) is 3.55. The summed E-state index contributed by atoms with van der Waals surface area (Å²) in [5.74, 6) is -2.76. The molecule has 0 radical (unpaired) electrons. The number of hydrogen-bond acceptors (Lipinski definition) is 11. The number of esters is 4. The zero-order valence-corrected chi connectivity index (χ0v) is 29.1. The van der Waals surface area contributed by atoms with Gasteiger partial charge in [0, 0.05) is 5.92 Å². The number of aliphatic hydroxyl groups is 1. The lowest BCUT2D eigenvalue weighted by atomic mass is 9.93. The van der Waals surface area contributed by atoms with Gasteiger partial charge in [0.1, 0.15) is 12.7 Å². The van der Waals surface area contributed by atoms with Crippen molar-refractivity contribution in [1.82, 2.24) is 0 Å². The molecule has 0 amide bonds. The summed E-state index contributed by atoms with van der Waals surface area (Å²) >= 11 is 0. The van der Waals surface area contributed by atoms with Crippen molar-refractivity contribution in [3.8, 4) is 0 Å². The number of aliphatic hydroxyl groups excluding tert-OH is 1. The standard InChI is InChI=1S/C33H56O11/c1-15-20(34)19(2)16-17-39-25-24(44-29(38)33(12,13)14)23(43-28(37)32(9,10)11)22(42-27(36)31(6,7)8)21(41-25)18-40-26(35)30(3,4)5/h16-17,19-25,34H,15,18H2,1-14H3/b17-16-/t19-,20-,21+,22+,23-,24+,25+/m0/s1. The fraction of sp³-hybridized carbons (Fsp3) is 0.818. The topological polar surface area (TPSA) is 144 Å². The fourth-order valence-corrected chi connectivity index (χ4v) is 3.55. The molecule has 0 aliphatic carbocycles. The smallest absolute Gasteiger partial charge is 0.311 e. The van der Waals surface area contributed by atoms with Gasteiger partial charge in [0.2, 0.25) is 12.4 Å². The Morgan fingerprint density at radius 3 is 1.52 bits per heavy atom. The van der Waals surface area contributed by atoms with Crippen LogP contribution in [-0.4, -0.2) is 72.4 Å². The number of hydrogen-bond donors (Lipinski definition) is 1. The Morgan fingerprint density at radius 2 is 1.11 bits per heavy atom. The lowest BCUT2D eigenvalue weighted by Crippen LogP contribution is -2.64. The average molecular weight is 629 g/mol. The maximum atomic E-state index is 13.3. The van der Waals surface area contributed by atoms with Crippen LogP contribution in [0, 0.1) is 27.6 Å². The van der Waals surface area contributed by atoms with Crippen LogP contribution in [0.3, 0.4) is 0 Å². The quantitative estimate of drug-likeness (QED) is 0.196. The third kappa shape index (κ3) is 11.7. The molecule has 1 fully saturated rings. The molecule has 0 bridgehead atoms. The van der Waals surface area contributed by atoms with Crippen LogP contribution in [0.25, 0.3) is 0 Å². The summed E-state index contributed by atoms with van der Waals surface area (Å²) < 4.78 is 35.5. The molecule has 11 heteroatoms. The first-order chi connectivity index (χ1) is 19.8. The van der Waals surface area contributed by atoms with Crippen LogP contribution in [0.15, 0.2) is 12.3 Å². The van der Waals surface area contributed by atoms with Crippen LogP contribution in [0.2, 0.25) is 0 Å². The number of carbonyl (C=O) groups is 4. The van der Waals surface area contributed by atoms with Crippen molar-refractivity contribution in [2.24, 2.45) is 27.6 Å². The van der Waals surface area contributed by atoms with Crippen LogP contribution < -0.4 is 0 Å². The molecule has 1 aliphatic heterocycles. The van der Waals surface area contributed by atoms with E-state index < -0.39 is 82.3 Å². The Balaban J connectivity index is 3.76. The van der Waals surface area contributed by atoms with E-state index in [9.17, 15) is 24.3 Å². The van der Waals surface area contributed by atoms with Crippen molar-refractivity contribution in [2.45, 2.75) is 140 Å². The van der Waals surface area contributed by atoms with Gasteiger partial charge in [-0.2, -0.15) is 0 Å². The summed E-state index contributed by atoms with van der Waals surface area (Å²) in [6.07, 6.45) is -3.85. The normalized spacial score (nSPS) is 24.7. The number of rotatable bonds is 10. The van der Waals surface area contributed by atoms with E-state index in [0.29, 0.717) is 6.42 Å². The molecular formula is C33H56O11. The molecule has 11 nitrogen and oxygen atoms in total. The predicted octanol–water partition coefficient (Wildman–Crippen LogP) is 5.11. The second-order valence-electron chi connectivity index (χ2n) is 15.6. The van der Waals surface area contributed by atoms with Gasteiger partial charge >= 0.3 is 23.9 Å². The summed E-state index contributed by atoms with van der Waals surface area (Å²) in [7, 11) is 0. The van der Waals surface area contributed by atoms with E-state index in [2.05, 4.69) is 0 Å². The zero-order chi connectivity index (χ0) is 34.4. The largest absolute Gasteiger partial charge is 0.469 e. The van der Waals surface area contributed by atoms with Gasteiger partial charge < -0.3 is 33.5 Å². The molecule has 1 aliphatic rings. The Hall–Kier alpha value is -2.66. The summed E-state index contributed by atoms with van der Waals surface area (Å²) in [6, 6.07) is 0. The molecule has 0 aromatic heterocycles. The van der Waals surface area contributed by atoms with Gasteiger partial charge in [0.25, 0.3) is 0 Å². The minimum Gasteiger partial charge on any atom is -0.469 e. The van der Waals surface area contributed by atoms with E-state index in [1.165, 1.54) is 6.26 Å². The maximum Gasteiger partial charge on any atom is 0.311 e. The van der Waals surface area contributed by atoms with Gasteiger partial charge in [0.15, 0.2) is 12.2 Å². The first-order valence-corrected chi connectivity index (χ1v) is 15.3. The van der Waals surface area contributed by atoms with Crippen molar-refractivity contribution < 1.29 is 52.7 Å². The van der Waals surface area contributed by atoms with Crippen molar-refractivity contribution in [2.75, 3.05) is 6.61 Å². The van der Waals surface area contributed by atoms with E-state index in [1.54, 1.807) is 96.1 Å². The molecule has 254 valence electrons. The minimum absolute atomic E-state index is 0.280. The van der Waals surface area contributed by atoms with Gasteiger partial charge in [-0.15, -0.1) is 0 Å². The number of carbonyl (C=O) groups excluding carboxylic acids is 4. The predicted molar refractivity (Wildman–Crippen MR) is 163 cm³/mol. The average Bonchev–Trinajstić information content (AvgIpc) is 2.87. The molecule has 0 saturated carbocycles. The molecule has 0 unspecified atom stereocenters. The first kappa shape index (κ1) is 39.4. The molecule has 1 saturated heterocycles. The van der Waals surface area contributed by atoms with E-state index >= 15 is 0 Å². The maximum absolute atomic E-state index is 13.3. The van der Waals surface area contributed by atoms with Crippen LogP contribution in [0.5, 0.6) is 0 Å². The van der Waals surface area contributed by atoms with E-state index in [4.69, 9.17) is 28.4 Å². The van der Waals surface area contributed by atoms with Crippen LogP contribution in [0.4, 0.5) is 0 Å². The van der Waals surface area contributed by atoms with Crippen molar-refractivity contribution in [1.29, 1.82) is 0 Å². The molecule has 0 aromatic carbocycles. The second-order valence-corrected chi connectivity index (χ2v) is 15.6. The highest BCUT2D eigenvalue weighted by molar-refractivity contribution is 5.78. The monoisotopic (exact) mass is 628 g/mol. The summed E-state index contributed by atoms with van der Waals surface area (Å²) in [6.45, 7) is 23.2. The summed E-state index contributed by atoms with van der Waals surface area (Å²) in [5.41, 5.74) is -3.75. The lowest BCUT2D eigenvalue weighted by Gasteiger charge is -2.45. The molecule has 1 heterocycles. The summed E-state index contributed by atoms with van der Waals surface area (Å²) in [5, 5.41) is 10.2. The molecule has 0 aromatic rings. The van der Waals surface area contributed by atoms with E-state index in [0.717, 1.165) is 0 Å². The SMILES string of the molecule is CC[C@H](O)[C@@H](C)/C=C\O[C@@H]1O[C@H](COC(=O)C(C)(C)C)[C@@H](OC(=O)C(C)(C)C)[C@H](OC(=O)C(C)(C)C)[C@H]1OC(=O)C(C)(C)C. The van der Waals surface area contributed by atoms with Gasteiger partial charge in [-0.1, -0.05) is 13.8 Å². The molecule has 7 atom stereocenters. The molecule has 44 heavy (non-hydrogen) atoms. The van der Waals surface area contributed by atoms with Crippen molar-refractivity contribution in [3.63, 3.8) is 0 Å². The van der Waals surface area contributed by atoms with Crippen molar-refractivity contribution >= 4 is 23.9 Å². The van der Waals surface area contributed by atoms with Gasteiger partial charge in [-0.25, -0.2) is 0 Å². The lowest BCUT2D eigenvalue weighted by molar-refractivity contribution is -0.301. The van der Waals surface area contributed by atoms with Crippen LogP contribution in [0.1, 0.15) is 103 Å². The zero-order valence-electron chi connectivity index (χ0n) is 29.1. The second kappa shape index (κ2) is 15.1. The Bertz CT molecular complexity index is 1020. The minimum atomic E-state index is -1.40. The van der Waals surface area contributed by atoms with Crippen LogP contribution >= 0.6 is 0 Å². The van der Waals surface area contributed by atoms with Gasteiger partial charge in [0.05, 0.1) is 34.0 Å². The van der Waals surface area contributed by atoms with E-state index in [1.807, 2.05) is 6.92 Å². The van der Waals surface area contributed by atoms with Gasteiger partial charge in [-0.3, -0.25) is 19.2 Å². The first-order valence-electron chi connectivity index (χ1n) is 15.3. The Morgan fingerprint density at radius 1 is 0.705 bits per heavy atom. The molecule has 0 spiro atoms. The highest BCUT2D eigenvalue weighted by Gasteiger charge is 2.55. The van der Waals surface area contributed by atoms with Crippen molar-refractivity contribution in [3.05, 3.63) is 12.3 Å². The molecular weight excluding hydrogens is 572 g/mol. The summed E-state index contributed by atoms with van der Waals surface area (Å²) in [4.78, 5) is 52.4. The Labute approximate surface area is 263 Å². The van der Waals surface area contributed by atoms with Crippen LogP contribution in [-0.2, 0) is 47.6 Å². The number of ether oxygens (including phenoxy) is 6. The van der Waals surface area contributed by atoms with Gasteiger partial charge in [-0.05, 0) is 95.6 Å². The third-order valence-corrected chi connectivity index (χ3v) is 6.77. The Kier molecular flexibility index (Phi) is 13.5. The molecule has 1 rings (SSSR count). The molecule has 1 N–H and O–H groups in total. The highest BCUT2D eigenvalue weighted by atomic mass is 16.7.